The van der Waals surface area contributed by atoms with E-state index in [1.165, 1.54) is 0 Å². The van der Waals surface area contributed by atoms with E-state index in [0.717, 1.165) is 17.0 Å². The Kier molecular flexibility index (Phi) is 4.04. The predicted octanol–water partition coefficient (Wildman–Crippen LogP) is 3.51. The van der Waals surface area contributed by atoms with Crippen molar-refractivity contribution in [3.63, 3.8) is 0 Å². The Balaban J connectivity index is 2.31. The van der Waals surface area contributed by atoms with Crippen LogP contribution in [-0.4, -0.2) is 19.0 Å². The summed E-state index contributed by atoms with van der Waals surface area (Å²) in [4.78, 5) is 15.3. The maximum Gasteiger partial charge on any atom is 0.419 e. The van der Waals surface area contributed by atoms with Crippen LogP contribution in [0.3, 0.4) is 0 Å². The third-order valence-corrected chi connectivity index (χ3v) is 3.18. The van der Waals surface area contributed by atoms with Crippen molar-refractivity contribution in [2.24, 2.45) is 11.0 Å². The molecule has 0 saturated carbocycles. The molecule has 112 valence electrons. The van der Waals surface area contributed by atoms with E-state index in [1.54, 1.807) is 0 Å². The highest BCUT2D eigenvalue weighted by Gasteiger charge is 2.38. The third-order valence-electron chi connectivity index (χ3n) is 3.18. The van der Waals surface area contributed by atoms with E-state index < -0.39 is 29.2 Å². The second-order valence-electron chi connectivity index (χ2n) is 4.62. The molecular formula is C12H10F4N4O. The van der Waals surface area contributed by atoms with Gasteiger partial charge in [0.05, 0.1) is 11.3 Å². The topological polar surface area (TPSA) is 69.1 Å². The number of rotatable bonds is 3. The van der Waals surface area contributed by atoms with Gasteiger partial charge in [-0.25, -0.2) is 4.39 Å². The maximum atomic E-state index is 14.0. The number of azide groups is 1. The average Bonchev–Trinajstić information content (AvgIpc) is 2.76. The van der Waals surface area contributed by atoms with Gasteiger partial charge in [-0.3, -0.25) is 4.79 Å². The number of amides is 1. The zero-order valence-electron chi connectivity index (χ0n) is 10.6. The number of carbonyl (C=O) groups excluding carboxylic acids is 1. The number of benzene rings is 1. The van der Waals surface area contributed by atoms with Crippen molar-refractivity contribution in [2.75, 3.05) is 18.0 Å². The van der Waals surface area contributed by atoms with Gasteiger partial charge in [-0.2, -0.15) is 13.2 Å². The molecule has 1 aliphatic heterocycles. The second-order valence-corrected chi connectivity index (χ2v) is 4.62. The molecule has 21 heavy (non-hydrogen) atoms. The molecule has 1 unspecified atom stereocenters. The Morgan fingerprint density at radius 1 is 1.43 bits per heavy atom. The molecule has 0 radical (unpaired) electrons. The van der Waals surface area contributed by atoms with Crippen molar-refractivity contribution in [1.29, 1.82) is 0 Å². The summed E-state index contributed by atoms with van der Waals surface area (Å²) in [5, 5.41) is 3.32. The van der Waals surface area contributed by atoms with Gasteiger partial charge in [0.25, 0.3) is 0 Å². The number of carbonyl (C=O) groups is 1. The quantitative estimate of drug-likeness (QED) is 0.364. The van der Waals surface area contributed by atoms with E-state index in [-0.39, 0.29) is 25.4 Å². The number of halogens is 4. The Labute approximate surface area is 116 Å². The van der Waals surface area contributed by atoms with Gasteiger partial charge < -0.3 is 4.90 Å². The van der Waals surface area contributed by atoms with Crippen LogP contribution in [0.25, 0.3) is 10.4 Å². The van der Waals surface area contributed by atoms with Crippen molar-refractivity contribution < 1.29 is 22.4 Å². The molecule has 1 amide bonds. The molecule has 1 atom stereocenters. The summed E-state index contributed by atoms with van der Waals surface area (Å²) in [7, 11) is 0. The lowest BCUT2D eigenvalue weighted by Crippen LogP contribution is -2.26. The fourth-order valence-corrected chi connectivity index (χ4v) is 2.24. The van der Waals surface area contributed by atoms with E-state index in [2.05, 4.69) is 10.0 Å². The highest BCUT2D eigenvalue weighted by atomic mass is 19.4. The van der Waals surface area contributed by atoms with Crippen LogP contribution >= 0.6 is 0 Å². The Hall–Kier alpha value is -2.28. The molecule has 1 aromatic rings. The van der Waals surface area contributed by atoms with Crippen LogP contribution in [-0.2, 0) is 11.0 Å². The monoisotopic (exact) mass is 302 g/mol. The molecule has 1 saturated heterocycles. The molecule has 0 N–H and O–H groups in total. The van der Waals surface area contributed by atoms with Crippen LogP contribution in [0.5, 0.6) is 0 Å². The van der Waals surface area contributed by atoms with Crippen molar-refractivity contribution in [3.05, 3.63) is 40.0 Å². The number of anilines is 1. The minimum atomic E-state index is -4.83. The lowest BCUT2D eigenvalue weighted by Gasteiger charge is -2.19. The zero-order chi connectivity index (χ0) is 15.6. The van der Waals surface area contributed by atoms with E-state index in [1.807, 2.05) is 0 Å². The van der Waals surface area contributed by atoms with Crippen LogP contribution < -0.4 is 4.90 Å². The van der Waals surface area contributed by atoms with Crippen LogP contribution in [0.2, 0.25) is 0 Å². The molecule has 0 bridgehead atoms. The van der Waals surface area contributed by atoms with Crippen molar-refractivity contribution in [3.8, 4) is 0 Å². The first-order valence-electron chi connectivity index (χ1n) is 6.01. The highest BCUT2D eigenvalue weighted by molar-refractivity contribution is 5.96. The molecule has 5 nitrogen and oxygen atoms in total. The second kappa shape index (κ2) is 5.61. The van der Waals surface area contributed by atoms with Gasteiger partial charge in [0.1, 0.15) is 0 Å². The molecule has 1 heterocycles. The first-order chi connectivity index (χ1) is 9.84. The minimum absolute atomic E-state index is 0.00864. The summed E-state index contributed by atoms with van der Waals surface area (Å²) in [6, 6.07) is 2.80. The van der Waals surface area contributed by atoms with E-state index in [9.17, 15) is 22.4 Å². The van der Waals surface area contributed by atoms with Crippen molar-refractivity contribution in [2.45, 2.75) is 12.6 Å². The summed E-state index contributed by atoms with van der Waals surface area (Å²) in [6.45, 7) is 0.0649. The largest absolute Gasteiger partial charge is 0.419 e. The van der Waals surface area contributed by atoms with Crippen molar-refractivity contribution >= 4 is 11.6 Å². The number of alkyl halides is 3. The first-order valence-corrected chi connectivity index (χ1v) is 6.01. The fraction of sp³-hybridized carbons (Fsp3) is 0.417. The summed E-state index contributed by atoms with van der Waals surface area (Å²) in [5.74, 6) is -2.29. The van der Waals surface area contributed by atoms with E-state index in [0.29, 0.717) is 6.07 Å². The molecule has 0 aliphatic carbocycles. The Morgan fingerprint density at radius 3 is 2.76 bits per heavy atom. The Morgan fingerprint density at radius 2 is 2.14 bits per heavy atom. The average molecular weight is 302 g/mol. The third kappa shape index (κ3) is 3.08. The van der Waals surface area contributed by atoms with Crippen LogP contribution in [0.1, 0.15) is 12.0 Å². The molecule has 0 spiro atoms. The SMILES string of the molecule is [N-]=[N+]=NCC1CC(=O)N(c2cccc(C(F)(F)F)c2F)C1. The molecule has 9 heteroatoms. The normalized spacial score (nSPS) is 18.8. The van der Waals surface area contributed by atoms with Gasteiger partial charge in [0.15, 0.2) is 5.82 Å². The molecule has 0 aromatic heterocycles. The predicted molar refractivity (Wildman–Crippen MR) is 65.9 cm³/mol. The standard InChI is InChI=1S/C12H10F4N4O/c13-11-8(12(14,15)16)2-1-3-9(11)20-6-7(4-10(20)21)5-18-19-17/h1-3,7H,4-6H2. The molecule has 1 fully saturated rings. The van der Waals surface area contributed by atoms with Gasteiger partial charge in [-0.05, 0) is 23.6 Å². The first kappa shape index (κ1) is 15.1. The van der Waals surface area contributed by atoms with Gasteiger partial charge in [-0.15, -0.1) is 0 Å². The minimum Gasteiger partial charge on any atom is -0.309 e. The van der Waals surface area contributed by atoms with Gasteiger partial charge >= 0.3 is 6.18 Å². The van der Waals surface area contributed by atoms with E-state index >= 15 is 0 Å². The highest BCUT2D eigenvalue weighted by Crippen LogP contribution is 2.36. The summed E-state index contributed by atoms with van der Waals surface area (Å²) >= 11 is 0. The number of nitrogens with zero attached hydrogens (tertiary/aromatic N) is 4. The fourth-order valence-electron chi connectivity index (χ4n) is 2.24. The molecule has 2 rings (SSSR count). The lowest BCUT2D eigenvalue weighted by molar-refractivity contribution is -0.140. The number of hydrogen-bond acceptors (Lipinski definition) is 2. The van der Waals surface area contributed by atoms with Gasteiger partial charge in [0, 0.05) is 24.4 Å². The summed E-state index contributed by atoms with van der Waals surface area (Å²) in [6.07, 6.45) is -4.82. The molecule has 1 aromatic carbocycles. The van der Waals surface area contributed by atoms with E-state index in [4.69, 9.17) is 5.53 Å². The van der Waals surface area contributed by atoms with Crippen LogP contribution in [0, 0.1) is 11.7 Å². The summed E-state index contributed by atoms with van der Waals surface area (Å²) < 4.78 is 51.9. The lowest BCUT2D eigenvalue weighted by atomic mass is 10.1. The molecule has 1 aliphatic rings. The van der Waals surface area contributed by atoms with Gasteiger partial charge in [-0.1, -0.05) is 11.2 Å². The Bertz CT molecular complexity index is 610. The summed E-state index contributed by atoms with van der Waals surface area (Å²) in [5.41, 5.74) is 6.41. The molecular weight excluding hydrogens is 292 g/mol. The zero-order valence-corrected chi connectivity index (χ0v) is 10.6. The van der Waals surface area contributed by atoms with Crippen molar-refractivity contribution in [1.82, 2.24) is 0 Å². The smallest absolute Gasteiger partial charge is 0.309 e. The number of hydrogen-bond donors (Lipinski definition) is 0. The van der Waals surface area contributed by atoms with Crippen LogP contribution in [0.15, 0.2) is 23.3 Å². The maximum absolute atomic E-state index is 14.0. The van der Waals surface area contributed by atoms with Crippen LogP contribution in [0.4, 0.5) is 23.2 Å². The van der Waals surface area contributed by atoms with Gasteiger partial charge in [0.2, 0.25) is 5.91 Å².